The lowest BCUT2D eigenvalue weighted by atomic mass is 10.9. The SMILES string of the molecule is CC[O-].O=[N+]([O-])[O-].[NH4+].[NH4+]. The minimum atomic E-state index is -1.75. The maximum atomic E-state index is 8.93. The molecule has 0 fully saturated rings. The standard InChI is InChI=1S/C2H5O.NO3.2H3N/c1-2-3;2-1(3)4;;/h2H2,1H3;;2*1H3/q2*-1;;/p+2. The van der Waals surface area contributed by atoms with Crippen LogP contribution in [0.15, 0.2) is 0 Å². The highest BCUT2D eigenvalue weighted by Crippen LogP contribution is 1.44. The fourth-order valence-corrected chi connectivity index (χ4v) is 0. The van der Waals surface area contributed by atoms with Crippen LogP contribution in [0.3, 0.4) is 0 Å². The van der Waals surface area contributed by atoms with Crippen molar-refractivity contribution in [3.05, 3.63) is 15.3 Å². The van der Waals surface area contributed by atoms with Gasteiger partial charge < -0.3 is 32.7 Å². The van der Waals surface area contributed by atoms with Gasteiger partial charge in [0.15, 0.2) is 0 Å². The molecule has 0 radical (unpaired) electrons. The van der Waals surface area contributed by atoms with Gasteiger partial charge in [-0.3, -0.25) is 0 Å². The second kappa shape index (κ2) is 27.6. The number of hydrogen-bond acceptors (Lipinski definition) is 4. The summed E-state index contributed by atoms with van der Waals surface area (Å²) >= 11 is 0. The molecule has 0 aliphatic heterocycles. The molecule has 0 spiro atoms. The number of rotatable bonds is 0. The van der Waals surface area contributed by atoms with Crippen molar-refractivity contribution in [3.63, 3.8) is 0 Å². The summed E-state index contributed by atoms with van der Waals surface area (Å²) in [5.41, 5.74) is 0. The normalized spacial score (nSPS) is 4.67. The van der Waals surface area contributed by atoms with E-state index in [4.69, 9.17) is 20.4 Å². The molecule has 0 aliphatic carbocycles. The molecule has 0 atom stereocenters. The van der Waals surface area contributed by atoms with Crippen LogP contribution in [0.5, 0.6) is 0 Å². The van der Waals surface area contributed by atoms with Gasteiger partial charge in [-0.25, -0.2) is 0 Å². The van der Waals surface area contributed by atoms with Crippen LogP contribution in [-0.4, -0.2) is 11.7 Å². The van der Waals surface area contributed by atoms with E-state index < -0.39 is 5.09 Å². The first kappa shape index (κ1) is 24.3. The monoisotopic (exact) mass is 143 g/mol. The van der Waals surface area contributed by atoms with Gasteiger partial charge in [0, 0.05) is 0 Å². The Morgan fingerprint density at radius 3 is 1.33 bits per heavy atom. The Balaban J connectivity index is -0.0000000233. The molecule has 7 nitrogen and oxygen atoms in total. The Morgan fingerprint density at radius 2 is 1.33 bits per heavy atom. The van der Waals surface area contributed by atoms with Crippen LogP contribution in [0.25, 0.3) is 0 Å². The van der Waals surface area contributed by atoms with E-state index in [1.54, 1.807) is 6.92 Å². The van der Waals surface area contributed by atoms with Crippen molar-refractivity contribution in [2.24, 2.45) is 0 Å². The zero-order chi connectivity index (χ0) is 6.28. The molecule has 7 heteroatoms. The van der Waals surface area contributed by atoms with E-state index in [1.807, 2.05) is 0 Å². The van der Waals surface area contributed by atoms with E-state index in [0.29, 0.717) is 0 Å². The molecule has 60 valence electrons. The third kappa shape index (κ3) is 216. The first-order valence-corrected chi connectivity index (χ1v) is 1.54. The van der Waals surface area contributed by atoms with E-state index in [0.717, 1.165) is 0 Å². The Hall–Kier alpha value is -0.920. The molecule has 0 aliphatic rings. The van der Waals surface area contributed by atoms with Crippen LogP contribution < -0.4 is 17.4 Å². The van der Waals surface area contributed by atoms with Crippen LogP contribution in [0, 0.1) is 15.3 Å². The Labute approximate surface area is 52.6 Å². The molecule has 0 saturated heterocycles. The average molecular weight is 143 g/mol. The van der Waals surface area contributed by atoms with Crippen molar-refractivity contribution >= 4 is 0 Å². The van der Waals surface area contributed by atoms with Crippen molar-refractivity contribution in [3.8, 4) is 0 Å². The Kier molecular flexibility index (Phi) is 74.6. The molecule has 0 aromatic carbocycles. The lowest BCUT2D eigenvalue weighted by Gasteiger charge is -1.79. The Bertz CT molecular complexity index is 45.1. The van der Waals surface area contributed by atoms with Crippen molar-refractivity contribution < 1.29 is 10.2 Å². The van der Waals surface area contributed by atoms with Crippen molar-refractivity contribution in [2.75, 3.05) is 6.61 Å². The molecule has 9 heavy (non-hydrogen) atoms. The average Bonchev–Trinajstić information content (AvgIpc) is 1.33. The summed E-state index contributed by atoms with van der Waals surface area (Å²) in [6.07, 6.45) is 0. The molecule has 8 N–H and O–H groups in total. The molecular weight excluding hydrogens is 130 g/mol. The lowest BCUT2D eigenvalue weighted by Crippen LogP contribution is -1.97. The molecule has 0 aromatic rings. The first-order chi connectivity index (χ1) is 3.15. The molecule has 0 unspecified atom stereocenters. The summed E-state index contributed by atoms with van der Waals surface area (Å²) < 4.78 is 0. The van der Waals surface area contributed by atoms with Gasteiger partial charge in [-0.1, -0.05) is 6.92 Å². The number of quaternary nitrogens is 2. The summed E-state index contributed by atoms with van der Waals surface area (Å²) in [7, 11) is 0. The smallest absolute Gasteiger partial charge is 0.0689 e. The van der Waals surface area contributed by atoms with Gasteiger partial charge in [0.1, 0.15) is 0 Å². The maximum Gasteiger partial charge on any atom is 0.0689 e. The van der Waals surface area contributed by atoms with Crippen LogP contribution in [0.4, 0.5) is 0 Å². The molecule has 0 saturated carbocycles. The predicted molar refractivity (Wildman–Crippen MR) is 32.9 cm³/mol. The summed E-state index contributed by atoms with van der Waals surface area (Å²) in [6.45, 7) is 1.57. The highest BCUT2D eigenvalue weighted by molar-refractivity contribution is 4.03. The third-order valence-electron chi connectivity index (χ3n) is 0. The zero-order valence-corrected chi connectivity index (χ0v) is 5.79. The number of nitrogens with zero attached hydrogens (tertiary/aromatic N) is 1. The molecule has 0 amide bonds. The Morgan fingerprint density at radius 1 is 1.33 bits per heavy atom. The summed E-state index contributed by atoms with van der Waals surface area (Å²) in [4.78, 5) is 8.25. The minimum Gasteiger partial charge on any atom is -0.855 e. The van der Waals surface area contributed by atoms with Gasteiger partial charge in [0.25, 0.3) is 0 Å². The van der Waals surface area contributed by atoms with E-state index in [-0.39, 0.29) is 18.9 Å². The van der Waals surface area contributed by atoms with E-state index >= 15 is 0 Å². The van der Waals surface area contributed by atoms with Crippen LogP contribution >= 0.6 is 0 Å². The van der Waals surface area contributed by atoms with Crippen molar-refractivity contribution in [1.29, 1.82) is 0 Å². The van der Waals surface area contributed by atoms with Gasteiger partial charge >= 0.3 is 0 Å². The van der Waals surface area contributed by atoms with E-state index in [2.05, 4.69) is 0 Å². The predicted octanol–water partition coefficient (Wildman–Crippen LogP) is -0.120. The quantitative estimate of drug-likeness (QED) is 0.357. The number of hydrogen-bond donors (Lipinski definition) is 2. The van der Waals surface area contributed by atoms with Gasteiger partial charge in [0.2, 0.25) is 0 Å². The van der Waals surface area contributed by atoms with Gasteiger partial charge in [0.05, 0.1) is 5.09 Å². The van der Waals surface area contributed by atoms with E-state index in [1.165, 1.54) is 0 Å². The van der Waals surface area contributed by atoms with Gasteiger partial charge in [-0.15, -0.1) is 6.61 Å². The molecular formula is C2H13N3O4. The van der Waals surface area contributed by atoms with E-state index in [9.17, 15) is 0 Å². The summed E-state index contributed by atoms with van der Waals surface area (Å²) in [6, 6.07) is 0. The zero-order valence-electron chi connectivity index (χ0n) is 5.79. The minimum absolute atomic E-state index is 0. The summed E-state index contributed by atoms with van der Waals surface area (Å²) in [5.74, 6) is 0. The van der Waals surface area contributed by atoms with Crippen LogP contribution in [-0.2, 0) is 0 Å². The largest absolute Gasteiger partial charge is 0.855 e. The molecule has 0 bridgehead atoms. The summed E-state index contributed by atoms with van der Waals surface area (Å²) in [5, 5.41) is 23.7. The fourth-order valence-electron chi connectivity index (χ4n) is 0. The van der Waals surface area contributed by atoms with Crippen LogP contribution in [0.2, 0.25) is 0 Å². The molecule has 0 rings (SSSR count). The second-order valence-electron chi connectivity index (χ2n) is 0.512. The van der Waals surface area contributed by atoms with Crippen molar-refractivity contribution in [2.45, 2.75) is 6.92 Å². The first-order valence-electron chi connectivity index (χ1n) is 1.54. The highest BCUT2D eigenvalue weighted by atomic mass is 16.9. The topological polar surface area (TPSA) is 162 Å². The molecule has 0 heterocycles. The second-order valence-corrected chi connectivity index (χ2v) is 0.512. The van der Waals surface area contributed by atoms with Gasteiger partial charge in [-0.05, 0) is 0 Å². The van der Waals surface area contributed by atoms with Crippen molar-refractivity contribution in [1.82, 2.24) is 12.3 Å². The van der Waals surface area contributed by atoms with Crippen LogP contribution in [0.1, 0.15) is 6.92 Å². The molecule has 0 aromatic heterocycles. The third-order valence-corrected chi connectivity index (χ3v) is 0. The maximum absolute atomic E-state index is 8.93. The van der Waals surface area contributed by atoms with Gasteiger partial charge in [-0.2, -0.15) is 0 Å². The lowest BCUT2D eigenvalue weighted by molar-refractivity contribution is -0.402. The highest BCUT2D eigenvalue weighted by Gasteiger charge is 1.45. The fraction of sp³-hybridized carbons (Fsp3) is 1.00.